The van der Waals surface area contributed by atoms with Gasteiger partial charge in [-0.1, -0.05) is 23.7 Å². The number of morpholine rings is 1. The Hall–Kier alpha value is -3.77. The Morgan fingerprint density at radius 3 is 2.81 bits per heavy atom. The number of nitrogens with one attached hydrogen (secondary N) is 4. The number of H-pyrrole nitrogens is 1. The Kier molecular flexibility index (Phi) is 9.22. The minimum absolute atomic E-state index is 0.00382. The van der Waals surface area contributed by atoms with Gasteiger partial charge < -0.3 is 31.8 Å². The van der Waals surface area contributed by atoms with E-state index in [4.69, 9.17) is 33.2 Å². The second-order valence-electron chi connectivity index (χ2n) is 10.9. The Balaban J connectivity index is 1.35. The molecule has 3 heterocycles. The van der Waals surface area contributed by atoms with E-state index in [1.54, 1.807) is 24.4 Å². The summed E-state index contributed by atoms with van der Waals surface area (Å²) in [4.78, 5) is 20.3. The van der Waals surface area contributed by atoms with Crippen LogP contribution in [0.1, 0.15) is 43.4 Å². The van der Waals surface area contributed by atoms with Crippen LogP contribution < -0.4 is 27.8 Å². The van der Waals surface area contributed by atoms with Crippen LogP contribution in [-0.4, -0.2) is 52.3 Å². The molecule has 4 aromatic rings. The van der Waals surface area contributed by atoms with E-state index in [2.05, 4.69) is 20.6 Å². The number of hydrogen-bond acceptors (Lipinski definition) is 6. The average molecular weight is 595 g/mol. The van der Waals surface area contributed by atoms with Gasteiger partial charge in [0.2, 0.25) is 0 Å². The van der Waals surface area contributed by atoms with Crippen LogP contribution in [0.4, 0.5) is 4.39 Å². The van der Waals surface area contributed by atoms with Crippen molar-refractivity contribution in [2.75, 3.05) is 19.8 Å². The molecule has 5 rings (SSSR count). The van der Waals surface area contributed by atoms with Gasteiger partial charge in [0.15, 0.2) is 11.8 Å². The third-order valence-corrected chi connectivity index (χ3v) is 7.71. The number of aromatic amines is 1. The van der Waals surface area contributed by atoms with Gasteiger partial charge in [-0.25, -0.2) is 9.18 Å². The molecule has 1 aliphatic rings. The molecule has 12 heteroatoms. The van der Waals surface area contributed by atoms with E-state index in [-0.39, 0.29) is 29.1 Å². The summed E-state index contributed by atoms with van der Waals surface area (Å²) < 4.78 is 22.4. The summed E-state index contributed by atoms with van der Waals surface area (Å²) in [6.45, 7) is 3.66. The molecule has 0 unspecified atom stereocenters. The molecule has 1 saturated heterocycles. The Labute approximate surface area is 248 Å². The van der Waals surface area contributed by atoms with Crippen molar-refractivity contribution in [2.24, 2.45) is 11.5 Å². The number of rotatable bonds is 10. The number of aromatic nitrogens is 3. The molecule has 0 bridgehead atoms. The maximum atomic E-state index is 15.1. The van der Waals surface area contributed by atoms with Crippen molar-refractivity contribution in [2.45, 2.75) is 50.7 Å². The van der Waals surface area contributed by atoms with E-state index < -0.39 is 11.5 Å². The van der Waals surface area contributed by atoms with Crippen molar-refractivity contribution in [3.63, 3.8) is 0 Å². The summed E-state index contributed by atoms with van der Waals surface area (Å²) >= 11 is 6.24. The van der Waals surface area contributed by atoms with Crippen LogP contribution in [0.25, 0.3) is 28.0 Å². The van der Waals surface area contributed by atoms with E-state index in [1.165, 1.54) is 4.57 Å². The number of halogens is 2. The number of ether oxygens (including phenoxy) is 1. The molecule has 10 nitrogen and oxygen atoms in total. The lowest BCUT2D eigenvalue weighted by Crippen LogP contribution is -2.45. The van der Waals surface area contributed by atoms with E-state index in [0.717, 1.165) is 36.8 Å². The predicted octanol–water partition coefficient (Wildman–Crippen LogP) is 3.75. The van der Waals surface area contributed by atoms with Crippen molar-refractivity contribution in [3.05, 3.63) is 81.1 Å². The first-order valence-electron chi connectivity index (χ1n) is 14.1. The largest absolute Gasteiger partial charge is 0.378 e. The molecule has 0 aliphatic carbocycles. The fourth-order valence-electron chi connectivity index (χ4n) is 5.25. The monoisotopic (exact) mass is 594 g/mol. The second kappa shape index (κ2) is 13.0. The van der Waals surface area contributed by atoms with Gasteiger partial charge in [-0.2, -0.15) is 4.98 Å². The lowest BCUT2D eigenvalue weighted by atomic mass is 10.0. The maximum Gasteiger partial charge on any atom is 0.354 e. The SMILES string of the molecule is C[C@H](N)CCCc1cc(Cl)c(F)c(-c2cc3cn(-c4ccc([C@@H]5COC[C@@H](CCNC(=N)N)N5)cc4)c(=O)nc3[nH]2)c1. The predicted molar refractivity (Wildman–Crippen MR) is 164 cm³/mol. The van der Waals surface area contributed by atoms with Crippen LogP contribution >= 0.6 is 11.6 Å². The molecule has 0 radical (unpaired) electrons. The molecule has 2 aromatic carbocycles. The van der Waals surface area contributed by atoms with Crippen molar-refractivity contribution in [3.8, 4) is 16.9 Å². The molecule has 3 atom stereocenters. The van der Waals surface area contributed by atoms with Gasteiger partial charge in [-0.05, 0) is 74.1 Å². The van der Waals surface area contributed by atoms with Gasteiger partial charge in [0.1, 0.15) is 5.65 Å². The van der Waals surface area contributed by atoms with Crippen LogP contribution in [0.5, 0.6) is 0 Å². The highest BCUT2D eigenvalue weighted by molar-refractivity contribution is 6.31. The summed E-state index contributed by atoms with van der Waals surface area (Å²) in [5.41, 5.74) is 14.6. The minimum atomic E-state index is -0.525. The number of hydrogen-bond donors (Lipinski definition) is 6. The molecule has 0 spiro atoms. The van der Waals surface area contributed by atoms with Crippen LogP contribution in [-0.2, 0) is 11.2 Å². The van der Waals surface area contributed by atoms with Crippen molar-refractivity contribution < 1.29 is 9.13 Å². The molecule has 0 amide bonds. The van der Waals surface area contributed by atoms with Crippen LogP contribution in [0, 0.1) is 11.2 Å². The summed E-state index contributed by atoms with van der Waals surface area (Å²) in [5.74, 6) is -0.574. The Morgan fingerprint density at radius 2 is 2.07 bits per heavy atom. The van der Waals surface area contributed by atoms with Gasteiger partial charge in [0.25, 0.3) is 0 Å². The highest BCUT2D eigenvalue weighted by Crippen LogP contribution is 2.31. The number of benzene rings is 2. The first-order chi connectivity index (χ1) is 20.2. The number of nitrogens with zero attached hydrogens (tertiary/aromatic N) is 2. The van der Waals surface area contributed by atoms with E-state index >= 15 is 4.39 Å². The van der Waals surface area contributed by atoms with Gasteiger partial charge in [0, 0.05) is 35.8 Å². The molecule has 8 N–H and O–H groups in total. The standard InChI is InChI=1S/C30H36ClFN8O2/c1-17(33)3-2-4-18-11-23(27(32)24(31)12-18)25-13-20-14-40(30(41)39-28(20)38-25)22-7-5-19(6-8-22)26-16-42-15-21(37-26)9-10-36-29(34)35/h5-8,11-14,17,21,26,37H,2-4,9-10,15-16,33H2,1H3,(H4,34,35,36)(H,38,39,41)/t17-,21+,26-/m0/s1. The molecular weight excluding hydrogens is 559 g/mol. The second-order valence-corrected chi connectivity index (χ2v) is 11.3. The summed E-state index contributed by atoms with van der Waals surface area (Å²) in [6.07, 6.45) is 4.93. The zero-order valence-electron chi connectivity index (χ0n) is 23.4. The molecule has 2 aromatic heterocycles. The summed E-state index contributed by atoms with van der Waals surface area (Å²) in [7, 11) is 0. The van der Waals surface area contributed by atoms with E-state index in [0.29, 0.717) is 47.7 Å². The fraction of sp³-hybridized carbons (Fsp3) is 0.367. The quantitative estimate of drug-likeness (QED) is 0.120. The van der Waals surface area contributed by atoms with Crippen LogP contribution in [0.15, 0.2) is 53.5 Å². The van der Waals surface area contributed by atoms with E-state index in [1.807, 2.05) is 31.2 Å². The van der Waals surface area contributed by atoms with Gasteiger partial charge in [-0.3, -0.25) is 9.98 Å². The van der Waals surface area contributed by atoms with Crippen molar-refractivity contribution in [1.29, 1.82) is 5.41 Å². The van der Waals surface area contributed by atoms with Gasteiger partial charge in [0.05, 0.1) is 35.7 Å². The topological polar surface area (TPSA) is 160 Å². The average Bonchev–Trinajstić information content (AvgIpc) is 3.37. The third-order valence-electron chi connectivity index (χ3n) is 7.43. The normalized spacial score (nSPS) is 17.8. The summed E-state index contributed by atoms with van der Waals surface area (Å²) in [6, 6.07) is 13.1. The molecule has 42 heavy (non-hydrogen) atoms. The lowest BCUT2D eigenvalue weighted by Gasteiger charge is -2.31. The highest BCUT2D eigenvalue weighted by Gasteiger charge is 2.23. The number of guanidine groups is 1. The smallest absolute Gasteiger partial charge is 0.354 e. The lowest BCUT2D eigenvalue weighted by molar-refractivity contribution is 0.0431. The molecular formula is C30H36ClFN8O2. The maximum absolute atomic E-state index is 15.1. The zero-order valence-corrected chi connectivity index (χ0v) is 24.2. The Morgan fingerprint density at radius 1 is 1.29 bits per heavy atom. The summed E-state index contributed by atoms with van der Waals surface area (Å²) in [5, 5.41) is 14.4. The molecule has 0 saturated carbocycles. The number of fused-ring (bicyclic) bond motifs is 1. The number of nitrogens with two attached hydrogens (primary N) is 2. The molecule has 222 valence electrons. The van der Waals surface area contributed by atoms with E-state index in [9.17, 15) is 4.79 Å². The molecule has 1 fully saturated rings. The van der Waals surface area contributed by atoms with Gasteiger partial charge in [-0.15, -0.1) is 0 Å². The van der Waals surface area contributed by atoms with Crippen LogP contribution in [0.2, 0.25) is 5.02 Å². The van der Waals surface area contributed by atoms with Crippen molar-refractivity contribution in [1.82, 2.24) is 25.2 Å². The minimum Gasteiger partial charge on any atom is -0.378 e. The molecule has 1 aliphatic heterocycles. The van der Waals surface area contributed by atoms with Crippen molar-refractivity contribution >= 4 is 28.6 Å². The third kappa shape index (κ3) is 6.99. The highest BCUT2D eigenvalue weighted by atomic mass is 35.5. The Bertz CT molecular complexity index is 1620. The first-order valence-corrected chi connectivity index (χ1v) is 14.4. The fourth-order valence-corrected chi connectivity index (χ4v) is 5.50. The first kappa shape index (κ1) is 29.7. The van der Waals surface area contributed by atoms with Gasteiger partial charge >= 0.3 is 5.69 Å². The zero-order chi connectivity index (χ0) is 29.8. The number of aryl methyl sites for hydroxylation is 1. The van der Waals surface area contributed by atoms with Crippen LogP contribution in [0.3, 0.4) is 0 Å².